The third kappa shape index (κ3) is 2.15. The Hall–Kier alpha value is -1.18. The fourth-order valence-corrected chi connectivity index (χ4v) is 0.799. The van der Waals surface area contributed by atoms with Crippen molar-refractivity contribution in [1.29, 1.82) is 0 Å². The summed E-state index contributed by atoms with van der Waals surface area (Å²) in [6, 6.07) is 0. The first-order chi connectivity index (χ1) is 5.34. The molecule has 1 rings (SSSR count). The van der Waals surface area contributed by atoms with Crippen LogP contribution < -0.4 is 0 Å². The molecule has 0 fully saturated rings. The predicted molar refractivity (Wildman–Crippen MR) is 44.2 cm³/mol. The van der Waals surface area contributed by atoms with Crippen LogP contribution >= 0.6 is 0 Å². The fourth-order valence-electron chi connectivity index (χ4n) is 0.799. The Morgan fingerprint density at radius 2 is 2.09 bits per heavy atom. The Morgan fingerprint density at radius 3 is 2.64 bits per heavy atom. The summed E-state index contributed by atoms with van der Waals surface area (Å²) < 4.78 is 5.01. The second kappa shape index (κ2) is 3.86. The number of hydrogen-bond donors (Lipinski definition) is 1. The molecule has 60 valence electrons. The van der Waals surface area contributed by atoms with Crippen molar-refractivity contribution >= 4 is 0 Å². The summed E-state index contributed by atoms with van der Waals surface area (Å²) in [4.78, 5) is 0. The molecule has 0 saturated carbocycles. The van der Waals surface area contributed by atoms with Gasteiger partial charge in [-0.1, -0.05) is 19.1 Å². The summed E-state index contributed by atoms with van der Waals surface area (Å²) in [7, 11) is 0. The quantitative estimate of drug-likeness (QED) is 0.629. The maximum absolute atomic E-state index is 9.23. The number of hydrogen-bond acceptors (Lipinski definition) is 2. The highest BCUT2D eigenvalue weighted by molar-refractivity contribution is 5.40. The lowest BCUT2D eigenvalue weighted by molar-refractivity contribution is 0.0916. The van der Waals surface area contributed by atoms with Gasteiger partial charge in [-0.2, -0.15) is 0 Å². The van der Waals surface area contributed by atoms with E-state index in [2.05, 4.69) is 0 Å². The van der Waals surface area contributed by atoms with Crippen molar-refractivity contribution in [1.82, 2.24) is 0 Å². The topological polar surface area (TPSA) is 29.5 Å². The first-order valence-electron chi connectivity index (χ1n) is 3.75. The predicted octanol–water partition coefficient (Wildman–Crippen LogP) is 2.31. The molecule has 0 aliphatic heterocycles. The summed E-state index contributed by atoms with van der Waals surface area (Å²) in [6.45, 7) is 2.56. The van der Waals surface area contributed by atoms with E-state index >= 15 is 0 Å². The van der Waals surface area contributed by atoms with Crippen molar-refractivity contribution in [2.24, 2.45) is 0 Å². The van der Waals surface area contributed by atoms with E-state index in [9.17, 15) is 5.11 Å². The summed E-state index contributed by atoms with van der Waals surface area (Å²) in [6.07, 6.45) is 8.25. The molecule has 11 heavy (non-hydrogen) atoms. The molecule has 0 heterocycles. The first kappa shape index (κ1) is 7.92. The van der Waals surface area contributed by atoms with Gasteiger partial charge in [-0.3, -0.25) is 0 Å². The summed E-state index contributed by atoms with van der Waals surface area (Å²) >= 11 is 0. The van der Waals surface area contributed by atoms with Gasteiger partial charge in [-0.15, -0.1) is 0 Å². The zero-order valence-electron chi connectivity index (χ0n) is 6.58. The standard InChI is InChI=1S/C9H12O2/c1-2-7-11-9(10)8-5-3-4-6-8/h3-6,10H,2,7H2,1H3. The van der Waals surface area contributed by atoms with Crippen LogP contribution in [0, 0.1) is 0 Å². The van der Waals surface area contributed by atoms with Crippen molar-refractivity contribution in [3.63, 3.8) is 0 Å². The molecule has 0 aromatic carbocycles. The second-order valence-electron chi connectivity index (χ2n) is 2.33. The zero-order chi connectivity index (χ0) is 8.10. The van der Waals surface area contributed by atoms with Gasteiger partial charge in [-0.05, 0) is 18.6 Å². The molecule has 1 aliphatic carbocycles. The van der Waals surface area contributed by atoms with Crippen LogP contribution in [0.1, 0.15) is 13.3 Å². The summed E-state index contributed by atoms with van der Waals surface area (Å²) in [5.74, 6) is 0.0249. The Morgan fingerprint density at radius 1 is 1.45 bits per heavy atom. The first-order valence-corrected chi connectivity index (χ1v) is 3.75. The molecule has 2 heteroatoms. The Kier molecular flexibility index (Phi) is 2.78. The van der Waals surface area contributed by atoms with Gasteiger partial charge in [0, 0.05) is 0 Å². The largest absolute Gasteiger partial charge is 0.481 e. The van der Waals surface area contributed by atoms with Gasteiger partial charge in [0.2, 0.25) is 0 Å². The minimum absolute atomic E-state index is 0.0249. The molecule has 0 atom stereocenters. The minimum Gasteiger partial charge on any atom is -0.481 e. The van der Waals surface area contributed by atoms with Gasteiger partial charge in [-0.25, -0.2) is 0 Å². The maximum atomic E-state index is 9.23. The lowest BCUT2D eigenvalue weighted by Crippen LogP contribution is -1.94. The highest BCUT2D eigenvalue weighted by atomic mass is 16.6. The van der Waals surface area contributed by atoms with Crippen LogP contribution in [-0.4, -0.2) is 11.7 Å². The zero-order valence-corrected chi connectivity index (χ0v) is 6.58. The van der Waals surface area contributed by atoms with E-state index in [1.54, 1.807) is 0 Å². The van der Waals surface area contributed by atoms with Gasteiger partial charge in [0.05, 0.1) is 12.2 Å². The number of aliphatic hydroxyl groups is 1. The molecule has 0 saturated heterocycles. The van der Waals surface area contributed by atoms with Gasteiger partial charge in [0.15, 0.2) is 0 Å². The number of allylic oxidation sites excluding steroid dienone is 5. The maximum Gasteiger partial charge on any atom is 0.284 e. The average molecular weight is 152 g/mol. The normalized spacial score (nSPS) is 14.1. The molecule has 2 nitrogen and oxygen atoms in total. The Labute approximate surface area is 66.5 Å². The van der Waals surface area contributed by atoms with Crippen molar-refractivity contribution in [3.8, 4) is 0 Å². The SMILES string of the molecule is CCCOC(O)=C1C=CC=C1. The molecule has 0 bridgehead atoms. The molecular weight excluding hydrogens is 140 g/mol. The third-order valence-corrected chi connectivity index (χ3v) is 1.35. The molecule has 0 aromatic heterocycles. The summed E-state index contributed by atoms with van der Waals surface area (Å²) in [5.41, 5.74) is 0.749. The highest BCUT2D eigenvalue weighted by Crippen LogP contribution is 2.12. The fraction of sp³-hybridized carbons (Fsp3) is 0.333. The van der Waals surface area contributed by atoms with Crippen LogP contribution in [0.5, 0.6) is 0 Å². The van der Waals surface area contributed by atoms with E-state index in [0.717, 1.165) is 12.0 Å². The van der Waals surface area contributed by atoms with Gasteiger partial charge in [0.25, 0.3) is 5.95 Å². The molecule has 0 aromatic rings. The van der Waals surface area contributed by atoms with Crippen molar-refractivity contribution in [2.75, 3.05) is 6.61 Å². The average Bonchev–Trinajstić information content (AvgIpc) is 2.52. The van der Waals surface area contributed by atoms with Crippen LogP contribution in [0.2, 0.25) is 0 Å². The number of aliphatic hydroxyl groups excluding tert-OH is 1. The number of ether oxygens (including phenoxy) is 1. The van der Waals surface area contributed by atoms with Gasteiger partial charge < -0.3 is 9.84 Å². The van der Waals surface area contributed by atoms with Gasteiger partial charge >= 0.3 is 0 Å². The van der Waals surface area contributed by atoms with E-state index < -0.39 is 0 Å². The van der Waals surface area contributed by atoms with E-state index in [1.165, 1.54) is 0 Å². The Bertz CT molecular complexity index is 198. The lowest BCUT2D eigenvalue weighted by atomic mass is 10.3. The van der Waals surface area contributed by atoms with E-state index in [0.29, 0.717) is 6.61 Å². The van der Waals surface area contributed by atoms with Gasteiger partial charge in [0.1, 0.15) is 0 Å². The molecule has 0 unspecified atom stereocenters. The highest BCUT2D eigenvalue weighted by Gasteiger charge is 2.01. The lowest BCUT2D eigenvalue weighted by Gasteiger charge is -2.02. The third-order valence-electron chi connectivity index (χ3n) is 1.35. The molecule has 0 spiro atoms. The van der Waals surface area contributed by atoms with E-state index in [4.69, 9.17) is 4.74 Å². The minimum atomic E-state index is 0.0249. The van der Waals surface area contributed by atoms with Crippen molar-refractivity contribution < 1.29 is 9.84 Å². The molecule has 1 aliphatic rings. The van der Waals surface area contributed by atoms with Crippen molar-refractivity contribution in [3.05, 3.63) is 35.8 Å². The van der Waals surface area contributed by atoms with E-state index in [-0.39, 0.29) is 5.95 Å². The van der Waals surface area contributed by atoms with Crippen LogP contribution in [0.15, 0.2) is 35.8 Å². The van der Waals surface area contributed by atoms with Crippen LogP contribution in [0.3, 0.4) is 0 Å². The van der Waals surface area contributed by atoms with Crippen molar-refractivity contribution in [2.45, 2.75) is 13.3 Å². The molecule has 0 radical (unpaired) electrons. The molecule has 0 amide bonds. The monoisotopic (exact) mass is 152 g/mol. The smallest absolute Gasteiger partial charge is 0.284 e. The molecule has 1 N–H and O–H groups in total. The van der Waals surface area contributed by atoms with Crippen LogP contribution in [0.25, 0.3) is 0 Å². The second-order valence-corrected chi connectivity index (χ2v) is 2.33. The molecular formula is C9H12O2. The Balaban J connectivity index is 2.50. The van der Waals surface area contributed by atoms with E-state index in [1.807, 2.05) is 31.2 Å². The number of rotatable bonds is 3. The van der Waals surface area contributed by atoms with Crippen LogP contribution in [-0.2, 0) is 4.74 Å². The summed E-state index contributed by atoms with van der Waals surface area (Å²) in [5, 5.41) is 9.23. The van der Waals surface area contributed by atoms with Crippen LogP contribution in [0.4, 0.5) is 0 Å².